The highest BCUT2D eigenvalue weighted by Crippen LogP contribution is 2.12. The van der Waals surface area contributed by atoms with E-state index < -0.39 is 11.1 Å². The van der Waals surface area contributed by atoms with Crippen LogP contribution in [0.1, 0.15) is 23.9 Å². The molecule has 0 radical (unpaired) electrons. The van der Waals surface area contributed by atoms with Gasteiger partial charge in [-0.05, 0) is 42.3 Å². The molecular weight excluding hydrogens is 306 g/mol. The lowest BCUT2D eigenvalue weighted by atomic mass is 10.2. The molecule has 7 nitrogen and oxygen atoms in total. The van der Waals surface area contributed by atoms with Crippen LogP contribution in [0.2, 0.25) is 0 Å². The molecular formula is C17H15N5O2. The monoisotopic (exact) mass is 321 g/mol. The molecule has 0 amide bonds. The fraction of sp³-hybridized carbons (Fsp3) is 0.0588. The number of imidazole rings is 1. The van der Waals surface area contributed by atoms with Crippen molar-refractivity contribution in [2.75, 3.05) is 0 Å². The van der Waals surface area contributed by atoms with E-state index in [-0.39, 0.29) is 10.7 Å². The van der Waals surface area contributed by atoms with Crippen LogP contribution >= 0.6 is 0 Å². The first kappa shape index (κ1) is 15.4. The fourth-order valence-electron chi connectivity index (χ4n) is 2.22. The molecule has 3 aromatic heterocycles. The Bertz CT molecular complexity index is 1120. The minimum atomic E-state index is -0.405. The molecule has 0 atom stereocenters. The number of rotatable bonds is 3. The Morgan fingerprint density at radius 1 is 1.08 bits per heavy atom. The van der Waals surface area contributed by atoms with Gasteiger partial charge < -0.3 is 15.0 Å². The summed E-state index contributed by atoms with van der Waals surface area (Å²) in [4.78, 5) is 40.6. The fourth-order valence-corrected chi connectivity index (χ4v) is 2.22. The summed E-state index contributed by atoms with van der Waals surface area (Å²) in [5.41, 5.74) is 1.97. The molecule has 3 aromatic rings. The number of allylic oxidation sites excluding steroid dienone is 1. The highest BCUT2D eigenvalue weighted by molar-refractivity contribution is 5.66. The second-order valence-corrected chi connectivity index (χ2v) is 5.25. The van der Waals surface area contributed by atoms with Crippen molar-refractivity contribution in [3.05, 3.63) is 85.8 Å². The van der Waals surface area contributed by atoms with Gasteiger partial charge in [-0.3, -0.25) is 14.6 Å². The van der Waals surface area contributed by atoms with Crippen molar-refractivity contribution in [1.29, 1.82) is 0 Å². The Balaban J connectivity index is 2.15. The van der Waals surface area contributed by atoms with Gasteiger partial charge in [0.2, 0.25) is 0 Å². The highest BCUT2D eigenvalue weighted by Gasteiger charge is 2.04. The normalized spacial score (nSPS) is 12.5. The number of hydrogen-bond donors (Lipinski definition) is 3. The minimum Gasteiger partial charge on any atom is -0.345 e. The Hall–Kier alpha value is -3.48. The van der Waals surface area contributed by atoms with Crippen LogP contribution in [0.5, 0.6) is 0 Å². The molecule has 3 rings (SSSR count). The zero-order valence-electron chi connectivity index (χ0n) is 13.0. The van der Waals surface area contributed by atoms with Crippen molar-refractivity contribution < 1.29 is 0 Å². The van der Waals surface area contributed by atoms with Crippen LogP contribution in [0.4, 0.5) is 0 Å². The maximum Gasteiger partial charge on any atom is 0.272 e. The predicted octanol–water partition coefficient (Wildman–Crippen LogP) is -0.128. The molecule has 0 bridgehead atoms. The highest BCUT2D eigenvalue weighted by atomic mass is 16.1. The standard InChI is InChI=1S/C17H15N5O2/c1-10(2)15-12(19-9-20-15)8-14-17(24)21-13(16(23)22-14)7-11-3-5-18-6-4-11/h3-9H,1H2,2H3,(H,19,20)(H,21,24)(H,22,23)/b13-7-,14-8-. The van der Waals surface area contributed by atoms with Gasteiger partial charge in [0, 0.05) is 12.4 Å². The van der Waals surface area contributed by atoms with Gasteiger partial charge in [0.05, 0.1) is 17.7 Å². The van der Waals surface area contributed by atoms with Crippen LogP contribution < -0.4 is 21.8 Å². The summed E-state index contributed by atoms with van der Waals surface area (Å²) in [5.74, 6) is 0. The number of pyridine rings is 1. The van der Waals surface area contributed by atoms with Crippen LogP contribution in [0.15, 0.2) is 47.0 Å². The van der Waals surface area contributed by atoms with Gasteiger partial charge in [0.1, 0.15) is 10.7 Å². The quantitative estimate of drug-likeness (QED) is 0.624. The Morgan fingerprint density at radius 3 is 2.33 bits per heavy atom. The molecule has 0 aliphatic carbocycles. The number of nitrogens with zero attached hydrogens (tertiary/aromatic N) is 2. The van der Waals surface area contributed by atoms with Crippen molar-refractivity contribution in [3.63, 3.8) is 0 Å². The van der Waals surface area contributed by atoms with Gasteiger partial charge in [-0.1, -0.05) is 6.58 Å². The third-order valence-corrected chi connectivity index (χ3v) is 3.36. The molecule has 0 aliphatic rings. The Morgan fingerprint density at radius 2 is 1.71 bits per heavy atom. The number of hydrogen-bond acceptors (Lipinski definition) is 4. The van der Waals surface area contributed by atoms with Crippen LogP contribution in [0, 0.1) is 0 Å². The molecule has 7 heteroatoms. The molecule has 24 heavy (non-hydrogen) atoms. The number of nitrogens with one attached hydrogen (secondary N) is 3. The molecule has 3 heterocycles. The lowest BCUT2D eigenvalue weighted by molar-refractivity contribution is 1.00. The third kappa shape index (κ3) is 3.14. The largest absolute Gasteiger partial charge is 0.345 e. The molecule has 0 aliphatic heterocycles. The van der Waals surface area contributed by atoms with Crippen molar-refractivity contribution in [1.82, 2.24) is 24.9 Å². The van der Waals surface area contributed by atoms with E-state index in [0.29, 0.717) is 11.4 Å². The predicted molar refractivity (Wildman–Crippen MR) is 91.6 cm³/mol. The van der Waals surface area contributed by atoms with Crippen LogP contribution in [-0.2, 0) is 0 Å². The summed E-state index contributed by atoms with van der Waals surface area (Å²) in [6, 6.07) is 3.48. The zero-order valence-corrected chi connectivity index (χ0v) is 13.0. The SMILES string of the molecule is C=C(C)c1nc[nH]c1/C=c1\[nH]c(=O)/c(=C/c2ccncc2)[nH]c1=O. The Kier molecular flexibility index (Phi) is 4.07. The summed E-state index contributed by atoms with van der Waals surface area (Å²) in [7, 11) is 0. The van der Waals surface area contributed by atoms with Crippen molar-refractivity contribution in [2.24, 2.45) is 0 Å². The van der Waals surface area contributed by atoms with Gasteiger partial charge in [-0.15, -0.1) is 0 Å². The van der Waals surface area contributed by atoms with Crippen molar-refractivity contribution in [2.45, 2.75) is 6.92 Å². The second kappa shape index (κ2) is 6.33. The zero-order chi connectivity index (χ0) is 17.1. The number of aromatic amines is 3. The summed E-state index contributed by atoms with van der Waals surface area (Å²) < 4.78 is 0. The maximum atomic E-state index is 12.2. The lowest BCUT2D eigenvalue weighted by Gasteiger charge is -1.96. The third-order valence-electron chi connectivity index (χ3n) is 3.36. The van der Waals surface area contributed by atoms with E-state index in [4.69, 9.17) is 0 Å². The van der Waals surface area contributed by atoms with Crippen LogP contribution in [0.3, 0.4) is 0 Å². The minimum absolute atomic E-state index is 0.138. The summed E-state index contributed by atoms with van der Waals surface area (Å²) in [6.07, 6.45) is 7.84. The maximum absolute atomic E-state index is 12.2. The number of aromatic nitrogens is 5. The molecule has 0 saturated carbocycles. The van der Waals surface area contributed by atoms with E-state index in [1.54, 1.807) is 30.6 Å². The molecule has 120 valence electrons. The van der Waals surface area contributed by atoms with E-state index in [1.807, 2.05) is 6.92 Å². The molecule has 0 fully saturated rings. The summed E-state index contributed by atoms with van der Waals surface area (Å²) in [6.45, 7) is 5.64. The smallest absolute Gasteiger partial charge is 0.272 e. The average Bonchev–Trinajstić information content (AvgIpc) is 3.01. The van der Waals surface area contributed by atoms with Gasteiger partial charge in [0.25, 0.3) is 11.1 Å². The van der Waals surface area contributed by atoms with Gasteiger partial charge in [-0.25, -0.2) is 4.98 Å². The van der Waals surface area contributed by atoms with E-state index in [9.17, 15) is 9.59 Å². The first-order valence-corrected chi connectivity index (χ1v) is 7.20. The van der Waals surface area contributed by atoms with E-state index in [2.05, 4.69) is 31.5 Å². The average molecular weight is 321 g/mol. The van der Waals surface area contributed by atoms with E-state index in [0.717, 1.165) is 11.1 Å². The van der Waals surface area contributed by atoms with Crippen LogP contribution in [-0.4, -0.2) is 24.9 Å². The van der Waals surface area contributed by atoms with Crippen LogP contribution in [0.25, 0.3) is 17.7 Å². The molecule has 0 unspecified atom stereocenters. The van der Waals surface area contributed by atoms with Gasteiger partial charge in [-0.2, -0.15) is 0 Å². The molecule has 0 spiro atoms. The van der Waals surface area contributed by atoms with Crippen molar-refractivity contribution >= 4 is 17.7 Å². The van der Waals surface area contributed by atoms with Gasteiger partial charge in [0.15, 0.2) is 0 Å². The topological polar surface area (TPSA) is 107 Å². The first-order chi connectivity index (χ1) is 11.5. The lowest BCUT2D eigenvalue weighted by Crippen LogP contribution is -2.46. The second-order valence-electron chi connectivity index (χ2n) is 5.25. The molecule has 0 saturated heterocycles. The summed E-state index contributed by atoms with van der Waals surface area (Å²) in [5, 5.41) is 0.312. The number of H-pyrrole nitrogens is 3. The first-order valence-electron chi connectivity index (χ1n) is 7.20. The van der Waals surface area contributed by atoms with E-state index >= 15 is 0 Å². The molecule has 0 aromatic carbocycles. The van der Waals surface area contributed by atoms with Crippen molar-refractivity contribution in [3.8, 4) is 0 Å². The Labute approximate surface area is 136 Å². The van der Waals surface area contributed by atoms with Gasteiger partial charge >= 0.3 is 0 Å². The summed E-state index contributed by atoms with van der Waals surface area (Å²) >= 11 is 0. The molecule has 3 N–H and O–H groups in total. The van der Waals surface area contributed by atoms with E-state index in [1.165, 1.54) is 12.4 Å².